The second-order valence-electron chi connectivity index (χ2n) is 4.85. The number of rotatable bonds is 6. The number of benzene rings is 1. The first-order valence-corrected chi connectivity index (χ1v) is 5.56. The number of hydrogen-bond acceptors (Lipinski definition) is 5. The van der Waals surface area contributed by atoms with E-state index < -0.39 is 4.92 Å². The molecule has 0 amide bonds. The van der Waals surface area contributed by atoms with Gasteiger partial charge in [0.25, 0.3) is 5.69 Å². The number of hydrogen-bond donors (Lipinski definition) is 2. The molecule has 0 atom stereocenters. The summed E-state index contributed by atoms with van der Waals surface area (Å²) in [5.41, 5.74) is 0.277. The minimum absolute atomic E-state index is 0.0290. The Labute approximate surface area is 106 Å². The Morgan fingerprint density at radius 3 is 2.61 bits per heavy atom. The standard InChI is InChI=1S/C12H18N2O4/c1-12(2,8-15)7-13-9-4-10(14(16)17)6-11(5-9)18-3/h4-6,13,15H,7-8H2,1-3H3. The summed E-state index contributed by atoms with van der Waals surface area (Å²) >= 11 is 0. The topological polar surface area (TPSA) is 84.6 Å². The number of anilines is 1. The molecule has 6 heteroatoms. The van der Waals surface area contributed by atoms with Gasteiger partial charge in [-0.15, -0.1) is 0 Å². The molecule has 0 saturated carbocycles. The van der Waals surface area contributed by atoms with Gasteiger partial charge in [-0.1, -0.05) is 13.8 Å². The van der Waals surface area contributed by atoms with Gasteiger partial charge in [-0.05, 0) is 0 Å². The van der Waals surface area contributed by atoms with Gasteiger partial charge in [-0.2, -0.15) is 0 Å². The van der Waals surface area contributed by atoms with E-state index in [2.05, 4.69) is 5.32 Å². The van der Waals surface area contributed by atoms with Crippen molar-refractivity contribution in [3.63, 3.8) is 0 Å². The summed E-state index contributed by atoms with van der Waals surface area (Å²) in [5.74, 6) is 0.425. The van der Waals surface area contributed by atoms with Crippen molar-refractivity contribution in [3.05, 3.63) is 28.3 Å². The molecule has 0 fully saturated rings. The van der Waals surface area contributed by atoms with Crippen LogP contribution < -0.4 is 10.1 Å². The molecule has 0 unspecified atom stereocenters. The van der Waals surface area contributed by atoms with Crippen molar-refractivity contribution in [1.29, 1.82) is 0 Å². The van der Waals surface area contributed by atoms with E-state index in [1.807, 2.05) is 13.8 Å². The zero-order valence-electron chi connectivity index (χ0n) is 10.8. The summed E-state index contributed by atoms with van der Waals surface area (Å²) in [7, 11) is 1.46. The minimum atomic E-state index is -0.467. The van der Waals surface area contributed by atoms with Gasteiger partial charge < -0.3 is 15.2 Å². The lowest BCUT2D eigenvalue weighted by Crippen LogP contribution is -2.26. The monoisotopic (exact) mass is 254 g/mol. The molecule has 18 heavy (non-hydrogen) atoms. The average Bonchev–Trinajstić information content (AvgIpc) is 2.36. The summed E-state index contributed by atoms with van der Waals surface area (Å²) in [6, 6.07) is 4.48. The van der Waals surface area contributed by atoms with E-state index >= 15 is 0 Å². The second kappa shape index (κ2) is 5.68. The summed E-state index contributed by atoms with van der Waals surface area (Å²) in [5, 5.41) is 23.0. The molecule has 0 heterocycles. The van der Waals surface area contributed by atoms with Crippen molar-refractivity contribution >= 4 is 11.4 Å². The molecule has 0 saturated heterocycles. The molecule has 0 aromatic heterocycles. The average molecular weight is 254 g/mol. The van der Waals surface area contributed by atoms with Gasteiger partial charge in [0.15, 0.2) is 0 Å². The third-order valence-electron chi connectivity index (χ3n) is 2.54. The Bertz CT molecular complexity index is 432. The lowest BCUT2D eigenvalue weighted by atomic mass is 9.95. The molecule has 0 aliphatic heterocycles. The van der Waals surface area contributed by atoms with Crippen molar-refractivity contribution < 1.29 is 14.8 Å². The van der Waals surface area contributed by atoms with E-state index in [4.69, 9.17) is 9.84 Å². The highest BCUT2D eigenvalue weighted by molar-refractivity contribution is 5.56. The summed E-state index contributed by atoms with van der Waals surface area (Å²) in [4.78, 5) is 10.3. The van der Waals surface area contributed by atoms with Crippen molar-refractivity contribution in [3.8, 4) is 5.75 Å². The Hall–Kier alpha value is -1.82. The van der Waals surface area contributed by atoms with Crippen molar-refractivity contribution in [1.82, 2.24) is 0 Å². The number of nitrogens with zero attached hydrogens (tertiary/aromatic N) is 1. The highest BCUT2D eigenvalue weighted by Crippen LogP contribution is 2.26. The van der Waals surface area contributed by atoms with Crippen LogP contribution in [0.25, 0.3) is 0 Å². The van der Waals surface area contributed by atoms with Gasteiger partial charge in [-0.3, -0.25) is 10.1 Å². The number of aliphatic hydroxyl groups is 1. The number of non-ortho nitro benzene ring substituents is 1. The maximum Gasteiger partial charge on any atom is 0.275 e. The van der Waals surface area contributed by atoms with Crippen LogP contribution in [0.3, 0.4) is 0 Å². The van der Waals surface area contributed by atoms with Crippen LogP contribution in [0, 0.1) is 15.5 Å². The normalized spacial score (nSPS) is 11.1. The van der Waals surface area contributed by atoms with Gasteiger partial charge in [-0.25, -0.2) is 0 Å². The quantitative estimate of drug-likeness (QED) is 0.599. The van der Waals surface area contributed by atoms with E-state index in [0.717, 1.165) is 0 Å². The molecular formula is C12H18N2O4. The number of nitro benzene ring substituents is 1. The number of nitrogens with one attached hydrogen (secondary N) is 1. The molecule has 0 radical (unpaired) electrons. The predicted molar refractivity (Wildman–Crippen MR) is 69.0 cm³/mol. The Balaban J connectivity index is 2.88. The Morgan fingerprint density at radius 2 is 2.11 bits per heavy atom. The van der Waals surface area contributed by atoms with Crippen LogP contribution in [-0.4, -0.2) is 30.3 Å². The molecular weight excluding hydrogens is 236 g/mol. The molecule has 1 aromatic carbocycles. The first kappa shape index (κ1) is 14.2. The molecule has 0 spiro atoms. The molecule has 100 valence electrons. The highest BCUT2D eigenvalue weighted by Gasteiger charge is 2.17. The summed E-state index contributed by atoms with van der Waals surface area (Å²) in [6.45, 7) is 4.34. The van der Waals surface area contributed by atoms with Crippen LogP contribution in [0.1, 0.15) is 13.8 Å². The van der Waals surface area contributed by atoms with Gasteiger partial charge >= 0.3 is 0 Å². The fourth-order valence-electron chi connectivity index (χ4n) is 1.31. The molecule has 1 rings (SSSR count). The summed E-state index contributed by atoms with van der Waals surface area (Å²) in [6.07, 6.45) is 0. The number of ether oxygens (including phenoxy) is 1. The largest absolute Gasteiger partial charge is 0.496 e. The Morgan fingerprint density at radius 1 is 1.44 bits per heavy atom. The van der Waals surface area contributed by atoms with Gasteiger partial charge in [0, 0.05) is 36.4 Å². The van der Waals surface area contributed by atoms with E-state index in [1.54, 1.807) is 6.07 Å². The lowest BCUT2D eigenvalue weighted by molar-refractivity contribution is -0.384. The maximum absolute atomic E-state index is 10.8. The van der Waals surface area contributed by atoms with Crippen molar-refractivity contribution in [2.75, 3.05) is 25.6 Å². The van der Waals surface area contributed by atoms with Gasteiger partial charge in [0.2, 0.25) is 0 Å². The van der Waals surface area contributed by atoms with E-state index in [-0.39, 0.29) is 17.7 Å². The molecule has 0 bridgehead atoms. The van der Waals surface area contributed by atoms with Crippen LogP contribution in [0.15, 0.2) is 18.2 Å². The Kier molecular flexibility index (Phi) is 4.49. The first-order chi connectivity index (χ1) is 8.38. The van der Waals surface area contributed by atoms with Crippen molar-refractivity contribution in [2.24, 2.45) is 5.41 Å². The van der Waals surface area contributed by atoms with Gasteiger partial charge in [0.1, 0.15) is 5.75 Å². The smallest absolute Gasteiger partial charge is 0.275 e. The fourth-order valence-corrected chi connectivity index (χ4v) is 1.31. The lowest BCUT2D eigenvalue weighted by Gasteiger charge is -2.22. The predicted octanol–water partition coefficient (Wildman–Crippen LogP) is 2.03. The molecule has 2 N–H and O–H groups in total. The van der Waals surface area contributed by atoms with Gasteiger partial charge in [0.05, 0.1) is 18.1 Å². The zero-order valence-corrected chi connectivity index (χ0v) is 10.8. The van der Waals surface area contributed by atoms with Crippen LogP contribution in [0.5, 0.6) is 5.75 Å². The van der Waals surface area contributed by atoms with Crippen LogP contribution in [0.4, 0.5) is 11.4 Å². The highest BCUT2D eigenvalue weighted by atomic mass is 16.6. The molecule has 6 nitrogen and oxygen atoms in total. The van der Waals surface area contributed by atoms with E-state index in [9.17, 15) is 10.1 Å². The SMILES string of the molecule is COc1cc(NCC(C)(C)CO)cc([N+](=O)[O-])c1. The second-order valence-corrected chi connectivity index (χ2v) is 4.85. The number of aliphatic hydroxyl groups excluding tert-OH is 1. The van der Waals surface area contributed by atoms with Crippen LogP contribution in [0.2, 0.25) is 0 Å². The van der Waals surface area contributed by atoms with Crippen LogP contribution in [-0.2, 0) is 0 Å². The number of methoxy groups -OCH3 is 1. The minimum Gasteiger partial charge on any atom is -0.496 e. The molecule has 0 aliphatic carbocycles. The maximum atomic E-state index is 10.8. The first-order valence-electron chi connectivity index (χ1n) is 5.56. The zero-order chi connectivity index (χ0) is 13.8. The van der Waals surface area contributed by atoms with Crippen LogP contribution >= 0.6 is 0 Å². The van der Waals surface area contributed by atoms with Crippen molar-refractivity contribution in [2.45, 2.75) is 13.8 Å². The van der Waals surface area contributed by atoms with E-state index in [1.165, 1.54) is 19.2 Å². The summed E-state index contributed by atoms with van der Waals surface area (Å²) < 4.78 is 5.01. The third kappa shape index (κ3) is 3.89. The van der Waals surface area contributed by atoms with E-state index in [0.29, 0.717) is 18.0 Å². The number of nitro groups is 1. The third-order valence-corrected chi connectivity index (χ3v) is 2.54. The molecule has 1 aromatic rings. The molecule has 0 aliphatic rings. The fraction of sp³-hybridized carbons (Fsp3) is 0.500.